The third-order valence-corrected chi connectivity index (χ3v) is 2.99. The minimum atomic E-state index is 0.264. The first-order chi connectivity index (χ1) is 8.57. The van der Waals surface area contributed by atoms with Gasteiger partial charge in [-0.25, -0.2) is 0 Å². The Morgan fingerprint density at radius 3 is 2.44 bits per heavy atom. The van der Waals surface area contributed by atoms with Gasteiger partial charge >= 0.3 is 0 Å². The van der Waals surface area contributed by atoms with Crippen molar-refractivity contribution in [3.05, 3.63) is 29.8 Å². The number of benzene rings is 1. The molecule has 0 saturated heterocycles. The fraction of sp³-hybridized carbons (Fsp3) is 0.600. The molecule has 0 radical (unpaired) electrons. The van der Waals surface area contributed by atoms with Crippen LogP contribution in [0.1, 0.15) is 32.8 Å². The molecule has 0 aromatic heterocycles. The quantitative estimate of drug-likeness (QED) is 0.745. The fourth-order valence-corrected chi connectivity index (χ4v) is 1.89. The Hall–Kier alpha value is -1.06. The van der Waals surface area contributed by atoms with Gasteiger partial charge in [-0.1, -0.05) is 26.0 Å². The van der Waals surface area contributed by atoms with E-state index in [1.807, 2.05) is 19.1 Å². The van der Waals surface area contributed by atoms with Gasteiger partial charge in [0.05, 0.1) is 6.61 Å². The third kappa shape index (κ3) is 5.52. The summed E-state index contributed by atoms with van der Waals surface area (Å²) in [4.78, 5) is 0. The van der Waals surface area contributed by atoms with Crippen LogP contribution in [-0.2, 0) is 6.54 Å². The normalized spacial score (nSPS) is 11.6. The Balaban J connectivity index is 2.35. The standard InChI is InChI=1S/C15H26N2O/c1-4-18-14-7-5-13(6-8-14)11-17-12-15(2,3)9-10-16/h5-8,17H,4,9-12,16H2,1-3H3. The van der Waals surface area contributed by atoms with Gasteiger partial charge in [0.2, 0.25) is 0 Å². The highest BCUT2D eigenvalue weighted by atomic mass is 16.5. The lowest BCUT2D eigenvalue weighted by molar-refractivity contribution is 0.319. The summed E-state index contributed by atoms with van der Waals surface area (Å²) in [7, 11) is 0. The van der Waals surface area contributed by atoms with Gasteiger partial charge in [0.25, 0.3) is 0 Å². The van der Waals surface area contributed by atoms with Crippen LogP contribution in [0.2, 0.25) is 0 Å². The molecule has 1 rings (SSSR count). The van der Waals surface area contributed by atoms with E-state index < -0.39 is 0 Å². The monoisotopic (exact) mass is 250 g/mol. The zero-order valence-corrected chi connectivity index (χ0v) is 11.8. The van der Waals surface area contributed by atoms with Crippen LogP contribution in [0.15, 0.2) is 24.3 Å². The molecule has 0 aliphatic heterocycles. The first kappa shape index (κ1) is 15.0. The Morgan fingerprint density at radius 1 is 1.22 bits per heavy atom. The third-order valence-electron chi connectivity index (χ3n) is 2.99. The Labute approximate surface area is 111 Å². The molecule has 0 aliphatic carbocycles. The Kier molecular flexibility index (Phi) is 6.16. The van der Waals surface area contributed by atoms with Gasteiger partial charge in [0.1, 0.15) is 5.75 Å². The zero-order valence-electron chi connectivity index (χ0n) is 11.8. The van der Waals surface area contributed by atoms with E-state index in [1.54, 1.807) is 0 Å². The maximum Gasteiger partial charge on any atom is 0.119 e. The van der Waals surface area contributed by atoms with Gasteiger partial charge in [0, 0.05) is 13.1 Å². The summed E-state index contributed by atoms with van der Waals surface area (Å²) >= 11 is 0. The molecule has 0 aliphatic rings. The molecule has 0 unspecified atom stereocenters. The van der Waals surface area contributed by atoms with Gasteiger partial charge in [-0.15, -0.1) is 0 Å². The van der Waals surface area contributed by atoms with Crippen molar-refractivity contribution in [2.75, 3.05) is 19.7 Å². The molecule has 0 fully saturated rings. The van der Waals surface area contributed by atoms with E-state index >= 15 is 0 Å². The topological polar surface area (TPSA) is 47.3 Å². The van der Waals surface area contributed by atoms with Crippen molar-refractivity contribution in [3.8, 4) is 5.75 Å². The molecule has 0 amide bonds. The Bertz CT molecular complexity index is 333. The average molecular weight is 250 g/mol. The van der Waals surface area contributed by atoms with Crippen molar-refractivity contribution in [3.63, 3.8) is 0 Å². The summed E-state index contributed by atoms with van der Waals surface area (Å²) in [5.74, 6) is 0.935. The predicted molar refractivity (Wildman–Crippen MR) is 76.8 cm³/mol. The number of hydrogen-bond acceptors (Lipinski definition) is 3. The lowest BCUT2D eigenvalue weighted by Gasteiger charge is -2.24. The SMILES string of the molecule is CCOc1ccc(CNCC(C)(C)CCN)cc1. The second-order valence-corrected chi connectivity index (χ2v) is 5.38. The van der Waals surface area contributed by atoms with Crippen molar-refractivity contribution in [2.24, 2.45) is 11.1 Å². The lowest BCUT2D eigenvalue weighted by atomic mass is 9.89. The summed E-state index contributed by atoms with van der Waals surface area (Å²) in [5, 5.41) is 3.48. The number of hydrogen-bond donors (Lipinski definition) is 2. The van der Waals surface area contributed by atoms with Crippen molar-refractivity contribution >= 4 is 0 Å². The second kappa shape index (κ2) is 7.39. The van der Waals surface area contributed by atoms with Crippen molar-refractivity contribution < 1.29 is 4.74 Å². The largest absolute Gasteiger partial charge is 0.494 e. The van der Waals surface area contributed by atoms with Crippen LogP contribution in [0, 0.1) is 5.41 Å². The van der Waals surface area contributed by atoms with Crippen LogP contribution < -0.4 is 15.8 Å². The number of rotatable bonds is 8. The average Bonchev–Trinajstić information content (AvgIpc) is 2.31. The maximum absolute atomic E-state index is 5.60. The summed E-state index contributed by atoms with van der Waals surface area (Å²) < 4.78 is 5.42. The first-order valence-electron chi connectivity index (χ1n) is 6.70. The van der Waals surface area contributed by atoms with E-state index in [9.17, 15) is 0 Å². The summed E-state index contributed by atoms with van der Waals surface area (Å²) in [6.07, 6.45) is 1.04. The molecule has 0 atom stereocenters. The van der Waals surface area contributed by atoms with Crippen molar-refractivity contribution in [2.45, 2.75) is 33.7 Å². The van der Waals surface area contributed by atoms with E-state index in [1.165, 1.54) is 5.56 Å². The van der Waals surface area contributed by atoms with E-state index in [4.69, 9.17) is 10.5 Å². The van der Waals surface area contributed by atoms with Crippen LogP contribution in [-0.4, -0.2) is 19.7 Å². The van der Waals surface area contributed by atoms with Gasteiger partial charge < -0.3 is 15.8 Å². The zero-order chi connectivity index (χ0) is 13.4. The minimum absolute atomic E-state index is 0.264. The molecular formula is C15H26N2O. The van der Waals surface area contributed by atoms with Gasteiger partial charge in [0.15, 0.2) is 0 Å². The molecule has 1 aromatic rings. The molecular weight excluding hydrogens is 224 g/mol. The molecule has 0 saturated carbocycles. The molecule has 1 aromatic carbocycles. The summed E-state index contributed by atoms with van der Waals surface area (Å²) in [6.45, 7) is 9.81. The smallest absolute Gasteiger partial charge is 0.119 e. The van der Waals surface area contributed by atoms with Gasteiger partial charge in [-0.3, -0.25) is 0 Å². The summed E-state index contributed by atoms with van der Waals surface area (Å²) in [5.41, 5.74) is 7.14. The van der Waals surface area contributed by atoms with E-state index in [2.05, 4.69) is 31.3 Å². The van der Waals surface area contributed by atoms with E-state index in [-0.39, 0.29) is 5.41 Å². The number of ether oxygens (including phenoxy) is 1. The number of nitrogens with two attached hydrogens (primary N) is 1. The van der Waals surface area contributed by atoms with Crippen LogP contribution in [0.4, 0.5) is 0 Å². The lowest BCUT2D eigenvalue weighted by Crippen LogP contribution is -2.30. The van der Waals surface area contributed by atoms with Crippen molar-refractivity contribution in [1.29, 1.82) is 0 Å². The molecule has 18 heavy (non-hydrogen) atoms. The fourth-order valence-electron chi connectivity index (χ4n) is 1.89. The second-order valence-electron chi connectivity index (χ2n) is 5.38. The van der Waals surface area contributed by atoms with Gasteiger partial charge in [-0.05, 0) is 43.0 Å². The molecule has 3 N–H and O–H groups in total. The van der Waals surface area contributed by atoms with Crippen LogP contribution in [0.5, 0.6) is 5.75 Å². The maximum atomic E-state index is 5.60. The molecule has 0 bridgehead atoms. The molecule has 3 heteroatoms. The van der Waals surface area contributed by atoms with Crippen LogP contribution in [0.25, 0.3) is 0 Å². The summed E-state index contributed by atoms with van der Waals surface area (Å²) in [6, 6.07) is 8.25. The van der Waals surface area contributed by atoms with Crippen LogP contribution in [0.3, 0.4) is 0 Å². The highest BCUT2D eigenvalue weighted by molar-refractivity contribution is 5.27. The Morgan fingerprint density at radius 2 is 1.89 bits per heavy atom. The van der Waals surface area contributed by atoms with Crippen molar-refractivity contribution in [1.82, 2.24) is 5.32 Å². The molecule has 3 nitrogen and oxygen atoms in total. The first-order valence-corrected chi connectivity index (χ1v) is 6.70. The molecule has 0 heterocycles. The highest BCUT2D eigenvalue weighted by Crippen LogP contribution is 2.18. The van der Waals surface area contributed by atoms with Gasteiger partial charge in [-0.2, -0.15) is 0 Å². The predicted octanol–water partition coefficient (Wildman–Crippen LogP) is 2.55. The van der Waals surface area contributed by atoms with Crippen LogP contribution >= 0.6 is 0 Å². The molecule has 0 spiro atoms. The molecule has 102 valence electrons. The minimum Gasteiger partial charge on any atom is -0.494 e. The highest BCUT2D eigenvalue weighted by Gasteiger charge is 2.15. The number of nitrogens with one attached hydrogen (secondary N) is 1. The van der Waals surface area contributed by atoms with E-state index in [0.29, 0.717) is 6.61 Å². The van der Waals surface area contributed by atoms with E-state index in [0.717, 1.165) is 31.8 Å².